The summed E-state index contributed by atoms with van der Waals surface area (Å²) < 4.78 is 8.17. The van der Waals surface area contributed by atoms with E-state index in [0.29, 0.717) is 17.2 Å². The van der Waals surface area contributed by atoms with Gasteiger partial charge in [0, 0.05) is 32.0 Å². The van der Waals surface area contributed by atoms with Gasteiger partial charge in [-0.25, -0.2) is 4.98 Å². The van der Waals surface area contributed by atoms with Gasteiger partial charge in [-0.05, 0) is 49.9 Å². The number of carbonyl (C=O) groups is 1. The second-order valence-electron chi connectivity index (χ2n) is 7.27. The van der Waals surface area contributed by atoms with Crippen molar-refractivity contribution >= 4 is 5.91 Å². The maximum Gasteiger partial charge on any atom is 0.257 e. The van der Waals surface area contributed by atoms with E-state index in [1.807, 2.05) is 78.8 Å². The lowest BCUT2D eigenvalue weighted by molar-refractivity contribution is 0.0680. The number of benzene rings is 2. The van der Waals surface area contributed by atoms with Crippen LogP contribution in [0.3, 0.4) is 0 Å². The number of hydrogen-bond donors (Lipinski definition) is 0. The van der Waals surface area contributed by atoms with Gasteiger partial charge in [-0.3, -0.25) is 4.79 Å². The first-order chi connectivity index (χ1) is 13.7. The third-order valence-electron chi connectivity index (χ3n) is 5.37. The molecular weight excluding hydrogens is 350 g/mol. The fraction of sp³-hybridized carbons (Fsp3) is 0.304. The fourth-order valence-corrected chi connectivity index (χ4v) is 3.71. The zero-order valence-electron chi connectivity index (χ0n) is 16.1. The van der Waals surface area contributed by atoms with Crippen LogP contribution in [0, 0.1) is 12.8 Å². The number of nitrogens with zero attached hydrogens (tertiary/aromatic N) is 3. The molecule has 1 aliphatic heterocycles. The number of likely N-dealkylation sites (tertiary alicyclic amines) is 1. The van der Waals surface area contributed by atoms with Crippen molar-refractivity contribution in [1.29, 1.82) is 0 Å². The van der Waals surface area contributed by atoms with E-state index < -0.39 is 0 Å². The van der Waals surface area contributed by atoms with Crippen LogP contribution >= 0.6 is 0 Å². The number of imidazole rings is 1. The predicted octanol–water partition coefficient (Wildman–Crippen LogP) is 4.54. The minimum atomic E-state index is 0.0452. The highest BCUT2D eigenvalue weighted by Gasteiger charge is 2.26. The second kappa shape index (κ2) is 8.30. The molecule has 1 aliphatic rings. The van der Waals surface area contributed by atoms with Crippen LogP contribution in [-0.4, -0.2) is 33.4 Å². The quantitative estimate of drug-likeness (QED) is 0.658. The van der Waals surface area contributed by atoms with Crippen LogP contribution in [0.25, 0.3) is 0 Å². The van der Waals surface area contributed by atoms with E-state index in [9.17, 15) is 4.79 Å². The zero-order valence-corrected chi connectivity index (χ0v) is 16.1. The minimum absolute atomic E-state index is 0.0452. The third-order valence-corrected chi connectivity index (χ3v) is 5.37. The highest BCUT2D eigenvalue weighted by molar-refractivity contribution is 5.97. The third kappa shape index (κ3) is 4.09. The van der Waals surface area contributed by atoms with Gasteiger partial charge in [0.05, 0.1) is 5.56 Å². The molecule has 0 atom stereocenters. The lowest BCUT2D eigenvalue weighted by Crippen LogP contribution is -2.39. The van der Waals surface area contributed by atoms with Crippen molar-refractivity contribution in [1.82, 2.24) is 14.5 Å². The van der Waals surface area contributed by atoms with E-state index in [1.165, 1.54) is 0 Å². The number of para-hydroxylation sites is 2. The second-order valence-corrected chi connectivity index (χ2v) is 7.27. The van der Waals surface area contributed by atoms with Gasteiger partial charge in [-0.2, -0.15) is 0 Å². The van der Waals surface area contributed by atoms with E-state index in [-0.39, 0.29) is 5.91 Å². The van der Waals surface area contributed by atoms with E-state index in [1.54, 1.807) is 0 Å². The summed E-state index contributed by atoms with van der Waals surface area (Å²) in [7, 11) is 0. The molecule has 3 aromatic rings. The SMILES string of the molecule is Cc1nccn1CC1CCN(C(=O)c2ccccc2Oc2ccccc2)CC1. The van der Waals surface area contributed by atoms with Gasteiger partial charge in [0.1, 0.15) is 17.3 Å². The van der Waals surface area contributed by atoms with Crippen LogP contribution < -0.4 is 4.74 Å². The molecule has 1 amide bonds. The van der Waals surface area contributed by atoms with E-state index >= 15 is 0 Å². The van der Waals surface area contributed by atoms with E-state index in [2.05, 4.69) is 9.55 Å². The molecule has 1 aromatic heterocycles. The molecule has 28 heavy (non-hydrogen) atoms. The van der Waals surface area contributed by atoms with Gasteiger partial charge in [-0.15, -0.1) is 0 Å². The Hall–Kier alpha value is -3.08. The number of carbonyl (C=O) groups excluding carboxylic acids is 1. The first-order valence-electron chi connectivity index (χ1n) is 9.79. The van der Waals surface area contributed by atoms with Gasteiger partial charge < -0.3 is 14.2 Å². The van der Waals surface area contributed by atoms with Crippen LogP contribution in [0.15, 0.2) is 67.0 Å². The van der Waals surface area contributed by atoms with Crippen molar-refractivity contribution in [3.63, 3.8) is 0 Å². The van der Waals surface area contributed by atoms with Gasteiger partial charge in [0.15, 0.2) is 0 Å². The van der Waals surface area contributed by atoms with Crippen LogP contribution in [-0.2, 0) is 6.54 Å². The summed E-state index contributed by atoms with van der Waals surface area (Å²) >= 11 is 0. The zero-order chi connectivity index (χ0) is 19.3. The number of ether oxygens (including phenoxy) is 1. The summed E-state index contributed by atoms with van der Waals surface area (Å²) in [4.78, 5) is 19.4. The summed E-state index contributed by atoms with van der Waals surface area (Å²) in [5, 5.41) is 0. The minimum Gasteiger partial charge on any atom is -0.457 e. The maximum absolute atomic E-state index is 13.1. The molecule has 144 valence electrons. The number of piperidine rings is 1. The van der Waals surface area contributed by atoms with Crippen molar-refractivity contribution in [3.05, 3.63) is 78.4 Å². The smallest absolute Gasteiger partial charge is 0.257 e. The van der Waals surface area contributed by atoms with Crippen LogP contribution in [0.5, 0.6) is 11.5 Å². The van der Waals surface area contributed by atoms with Crippen molar-refractivity contribution in [2.75, 3.05) is 13.1 Å². The standard InChI is InChI=1S/C23H25N3O2/c1-18-24-13-16-26(18)17-19-11-14-25(15-12-19)23(27)21-9-5-6-10-22(21)28-20-7-3-2-4-8-20/h2-10,13,16,19H,11-12,14-15,17H2,1H3. The predicted molar refractivity (Wildman–Crippen MR) is 109 cm³/mol. The van der Waals surface area contributed by atoms with E-state index in [0.717, 1.165) is 44.0 Å². The van der Waals surface area contributed by atoms with Crippen LogP contribution in [0.2, 0.25) is 0 Å². The summed E-state index contributed by atoms with van der Waals surface area (Å²) in [5.41, 5.74) is 0.621. The van der Waals surface area contributed by atoms with Crippen molar-refractivity contribution < 1.29 is 9.53 Å². The Morgan fingerprint density at radius 3 is 2.50 bits per heavy atom. The summed E-state index contributed by atoms with van der Waals surface area (Å²) in [6.45, 7) is 4.55. The summed E-state index contributed by atoms with van der Waals surface area (Å²) in [5.74, 6) is 3.01. The first-order valence-corrected chi connectivity index (χ1v) is 9.79. The molecule has 5 heteroatoms. The Bertz CT molecular complexity index is 928. The normalized spacial score (nSPS) is 14.8. The molecule has 0 radical (unpaired) electrons. The summed E-state index contributed by atoms with van der Waals surface area (Å²) in [6.07, 6.45) is 5.89. The molecule has 0 aliphatic carbocycles. The lowest BCUT2D eigenvalue weighted by Gasteiger charge is -2.32. The first kappa shape index (κ1) is 18.3. The average molecular weight is 375 g/mol. The molecule has 5 nitrogen and oxygen atoms in total. The summed E-state index contributed by atoms with van der Waals surface area (Å²) in [6, 6.07) is 17.1. The Morgan fingerprint density at radius 2 is 1.79 bits per heavy atom. The molecule has 0 spiro atoms. The number of rotatable bonds is 5. The molecule has 4 rings (SSSR count). The van der Waals surface area contributed by atoms with Gasteiger partial charge in [0.25, 0.3) is 5.91 Å². The number of amides is 1. The van der Waals surface area contributed by atoms with Crippen LogP contribution in [0.1, 0.15) is 29.0 Å². The van der Waals surface area contributed by atoms with Gasteiger partial charge in [-0.1, -0.05) is 30.3 Å². The largest absolute Gasteiger partial charge is 0.457 e. The molecule has 2 heterocycles. The maximum atomic E-state index is 13.1. The number of hydrogen-bond acceptors (Lipinski definition) is 3. The Morgan fingerprint density at radius 1 is 1.07 bits per heavy atom. The molecule has 0 unspecified atom stereocenters. The number of aryl methyl sites for hydroxylation is 1. The average Bonchev–Trinajstić information content (AvgIpc) is 3.14. The molecule has 1 fully saturated rings. The van der Waals surface area contributed by atoms with Crippen molar-refractivity contribution in [2.24, 2.45) is 5.92 Å². The van der Waals surface area contributed by atoms with Gasteiger partial charge >= 0.3 is 0 Å². The molecule has 2 aromatic carbocycles. The van der Waals surface area contributed by atoms with E-state index in [4.69, 9.17) is 4.74 Å². The number of aromatic nitrogens is 2. The van der Waals surface area contributed by atoms with Crippen molar-refractivity contribution in [2.45, 2.75) is 26.3 Å². The lowest BCUT2D eigenvalue weighted by atomic mass is 9.96. The van der Waals surface area contributed by atoms with Gasteiger partial charge in [0.2, 0.25) is 0 Å². The highest BCUT2D eigenvalue weighted by atomic mass is 16.5. The fourth-order valence-electron chi connectivity index (χ4n) is 3.71. The van der Waals surface area contributed by atoms with Crippen molar-refractivity contribution in [3.8, 4) is 11.5 Å². The molecule has 0 saturated carbocycles. The Kier molecular flexibility index (Phi) is 5.42. The monoisotopic (exact) mass is 375 g/mol. The van der Waals surface area contributed by atoms with Crippen LogP contribution in [0.4, 0.5) is 0 Å². The Balaban J connectivity index is 1.41. The molecule has 0 N–H and O–H groups in total. The molecule has 1 saturated heterocycles. The Labute approximate surface area is 165 Å². The molecular formula is C23H25N3O2. The topological polar surface area (TPSA) is 47.4 Å². The molecule has 0 bridgehead atoms. The highest BCUT2D eigenvalue weighted by Crippen LogP contribution is 2.28.